The first-order valence-corrected chi connectivity index (χ1v) is 5.18. The maximum atomic E-state index is 11.7. The molecule has 0 spiro atoms. The van der Waals surface area contributed by atoms with Gasteiger partial charge in [-0.25, -0.2) is 0 Å². The maximum absolute atomic E-state index is 11.7. The Labute approximate surface area is 89.7 Å². The van der Waals surface area contributed by atoms with Crippen molar-refractivity contribution in [1.82, 2.24) is 9.80 Å². The molecule has 2 atom stereocenters. The Morgan fingerprint density at radius 2 is 2.33 bits per heavy atom. The second kappa shape index (κ2) is 4.61. The number of amides is 1. The van der Waals surface area contributed by atoms with Crippen LogP contribution in [-0.2, 0) is 9.59 Å². The predicted molar refractivity (Wildman–Crippen MR) is 55.5 cm³/mol. The highest BCUT2D eigenvalue weighted by Crippen LogP contribution is 2.17. The zero-order valence-corrected chi connectivity index (χ0v) is 9.43. The van der Waals surface area contributed by atoms with Gasteiger partial charge < -0.3 is 10.0 Å². The van der Waals surface area contributed by atoms with E-state index in [1.165, 1.54) is 0 Å². The lowest BCUT2D eigenvalue weighted by molar-refractivity contribution is -0.145. The standard InChI is InChI=1S/C10H18N2O3/c1-4-7(10(14)15)12(3)8-5-6-11(2)9(8)13/h7-8H,4-6H2,1-3H3,(H,14,15). The number of hydrogen-bond donors (Lipinski definition) is 1. The smallest absolute Gasteiger partial charge is 0.320 e. The fourth-order valence-electron chi connectivity index (χ4n) is 2.04. The molecule has 1 aliphatic heterocycles. The third kappa shape index (κ3) is 2.28. The van der Waals surface area contributed by atoms with Gasteiger partial charge in [0, 0.05) is 13.6 Å². The lowest BCUT2D eigenvalue weighted by atomic mass is 10.1. The average molecular weight is 214 g/mol. The summed E-state index contributed by atoms with van der Waals surface area (Å²) in [6.45, 7) is 2.53. The van der Waals surface area contributed by atoms with Crippen LogP contribution in [0.25, 0.3) is 0 Å². The van der Waals surface area contributed by atoms with E-state index in [4.69, 9.17) is 5.11 Å². The van der Waals surface area contributed by atoms with Crippen LogP contribution in [0, 0.1) is 0 Å². The number of hydrogen-bond acceptors (Lipinski definition) is 3. The van der Waals surface area contributed by atoms with Crippen LogP contribution in [-0.4, -0.2) is 59.5 Å². The lowest BCUT2D eigenvalue weighted by Gasteiger charge is -2.28. The predicted octanol–water partition coefficient (Wildman–Crippen LogP) is 0.0121. The molecule has 1 rings (SSSR count). The first kappa shape index (κ1) is 12.0. The number of carboxylic acids is 1. The molecule has 0 radical (unpaired) electrons. The van der Waals surface area contributed by atoms with Crippen molar-refractivity contribution in [2.75, 3.05) is 20.6 Å². The highest BCUT2D eigenvalue weighted by molar-refractivity contribution is 5.84. The Kier molecular flexibility index (Phi) is 3.68. The molecular weight excluding hydrogens is 196 g/mol. The van der Waals surface area contributed by atoms with Gasteiger partial charge in [0.2, 0.25) is 5.91 Å². The zero-order valence-electron chi connectivity index (χ0n) is 9.43. The Bertz CT molecular complexity index is 267. The molecule has 1 heterocycles. The number of carbonyl (C=O) groups excluding carboxylic acids is 1. The van der Waals surface area contributed by atoms with Crippen LogP contribution in [0.15, 0.2) is 0 Å². The lowest BCUT2D eigenvalue weighted by Crippen LogP contribution is -2.47. The van der Waals surface area contributed by atoms with Crippen molar-refractivity contribution >= 4 is 11.9 Å². The minimum Gasteiger partial charge on any atom is -0.480 e. The monoisotopic (exact) mass is 214 g/mol. The number of likely N-dealkylation sites (N-methyl/N-ethyl adjacent to an activating group) is 2. The van der Waals surface area contributed by atoms with Crippen molar-refractivity contribution < 1.29 is 14.7 Å². The molecule has 0 aromatic carbocycles. The second-order valence-corrected chi connectivity index (χ2v) is 3.99. The fraction of sp³-hybridized carbons (Fsp3) is 0.800. The highest BCUT2D eigenvalue weighted by Gasteiger charge is 2.36. The van der Waals surface area contributed by atoms with Gasteiger partial charge in [-0.3, -0.25) is 14.5 Å². The minimum absolute atomic E-state index is 0.0252. The zero-order chi connectivity index (χ0) is 11.6. The van der Waals surface area contributed by atoms with E-state index in [1.54, 1.807) is 23.9 Å². The summed E-state index contributed by atoms with van der Waals surface area (Å²) in [5, 5.41) is 8.99. The molecule has 0 saturated carbocycles. The van der Waals surface area contributed by atoms with Gasteiger partial charge in [0.15, 0.2) is 0 Å². The van der Waals surface area contributed by atoms with Crippen molar-refractivity contribution in [3.8, 4) is 0 Å². The molecule has 5 nitrogen and oxygen atoms in total. The van der Waals surface area contributed by atoms with E-state index >= 15 is 0 Å². The highest BCUT2D eigenvalue weighted by atomic mass is 16.4. The maximum Gasteiger partial charge on any atom is 0.320 e. The Morgan fingerprint density at radius 1 is 1.73 bits per heavy atom. The summed E-state index contributed by atoms with van der Waals surface area (Å²) < 4.78 is 0. The summed E-state index contributed by atoms with van der Waals surface area (Å²) in [4.78, 5) is 26.0. The molecular formula is C10H18N2O3. The van der Waals surface area contributed by atoms with Crippen molar-refractivity contribution in [2.24, 2.45) is 0 Å². The van der Waals surface area contributed by atoms with E-state index in [9.17, 15) is 9.59 Å². The van der Waals surface area contributed by atoms with Crippen molar-refractivity contribution in [2.45, 2.75) is 31.8 Å². The van der Waals surface area contributed by atoms with Crippen LogP contribution in [0.3, 0.4) is 0 Å². The number of carbonyl (C=O) groups is 2. The van der Waals surface area contributed by atoms with Crippen molar-refractivity contribution in [3.05, 3.63) is 0 Å². The number of nitrogens with zero attached hydrogens (tertiary/aromatic N) is 2. The summed E-state index contributed by atoms with van der Waals surface area (Å²) in [5.41, 5.74) is 0. The van der Waals surface area contributed by atoms with E-state index in [2.05, 4.69) is 0 Å². The Hall–Kier alpha value is -1.10. The van der Waals surface area contributed by atoms with Gasteiger partial charge in [0.25, 0.3) is 0 Å². The van der Waals surface area contributed by atoms with Gasteiger partial charge in [0.05, 0.1) is 6.04 Å². The molecule has 0 bridgehead atoms. The van der Waals surface area contributed by atoms with Gasteiger partial charge in [0.1, 0.15) is 6.04 Å². The minimum atomic E-state index is -0.859. The fourth-order valence-corrected chi connectivity index (χ4v) is 2.04. The SMILES string of the molecule is CCC(C(=O)O)N(C)C1CCN(C)C1=O. The number of aliphatic carboxylic acids is 1. The quantitative estimate of drug-likeness (QED) is 0.716. The largest absolute Gasteiger partial charge is 0.480 e. The third-order valence-electron chi connectivity index (χ3n) is 3.05. The Morgan fingerprint density at radius 3 is 2.67 bits per heavy atom. The van der Waals surface area contributed by atoms with Crippen LogP contribution >= 0.6 is 0 Å². The number of rotatable bonds is 4. The van der Waals surface area contributed by atoms with Gasteiger partial charge in [-0.1, -0.05) is 6.92 Å². The summed E-state index contributed by atoms with van der Waals surface area (Å²) >= 11 is 0. The number of carboxylic acid groups (broad SMARTS) is 1. The molecule has 0 aromatic heterocycles. The summed E-state index contributed by atoms with van der Waals surface area (Å²) in [6, 6.07) is -0.832. The second-order valence-electron chi connectivity index (χ2n) is 3.99. The van der Waals surface area contributed by atoms with Gasteiger partial charge in [-0.15, -0.1) is 0 Å². The van der Waals surface area contributed by atoms with Crippen LogP contribution in [0.5, 0.6) is 0 Å². The van der Waals surface area contributed by atoms with Gasteiger partial charge >= 0.3 is 5.97 Å². The normalized spacial score (nSPS) is 23.6. The molecule has 0 aromatic rings. The van der Waals surface area contributed by atoms with Crippen LogP contribution in [0.2, 0.25) is 0 Å². The molecule has 1 saturated heterocycles. The number of likely N-dealkylation sites (tertiary alicyclic amines) is 1. The van der Waals surface area contributed by atoms with E-state index in [0.717, 1.165) is 6.42 Å². The summed E-state index contributed by atoms with van der Waals surface area (Å²) in [5.74, 6) is -0.834. The van der Waals surface area contributed by atoms with Gasteiger partial charge in [-0.05, 0) is 19.9 Å². The van der Waals surface area contributed by atoms with Crippen molar-refractivity contribution in [3.63, 3.8) is 0 Å². The summed E-state index contributed by atoms with van der Waals surface area (Å²) in [7, 11) is 3.46. The summed E-state index contributed by atoms with van der Waals surface area (Å²) in [6.07, 6.45) is 1.23. The van der Waals surface area contributed by atoms with E-state index in [-0.39, 0.29) is 11.9 Å². The van der Waals surface area contributed by atoms with Gasteiger partial charge in [-0.2, -0.15) is 0 Å². The topological polar surface area (TPSA) is 60.9 Å². The van der Waals surface area contributed by atoms with Crippen molar-refractivity contribution in [1.29, 1.82) is 0 Å². The van der Waals surface area contributed by atoms with E-state index < -0.39 is 12.0 Å². The van der Waals surface area contributed by atoms with Crippen LogP contribution < -0.4 is 0 Å². The van der Waals surface area contributed by atoms with E-state index in [1.807, 2.05) is 6.92 Å². The molecule has 2 unspecified atom stereocenters. The molecule has 15 heavy (non-hydrogen) atoms. The first-order chi connectivity index (χ1) is 6.99. The van der Waals surface area contributed by atoms with E-state index in [0.29, 0.717) is 13.0 Å². The van der Waals surface area contributed by atoms with Crippen LogP contribution in [0.4, 0.5) is 0 Å². The third-order valence-corrected chi connectivity index (χ3v) is 3.05. The molecule has 1 N–H and O–H groups in total. The molecule has 1 aliphatic rings. The Balaban J connectivity index is 2.71. The molecule has 1 fully saturated rings. The molecule has 86 valence electrons. The van der Waals surface area contributed by atoms with Crippen LogP contribution in [0.1, 0.15) is 19.8 Å². The first-order valence-electron chi connectivity index (χ1n) is 5.18. The molecule has 0 aliphatic carbocycles. The average Bonchev–Trinajstić information content (AvgIpc) is 2.48. The molecule has 5 heteroatoms. The molecule has 1 amide bonds.